The summed E-state index contributed by atoms with van der Waals surface area (Å²) in [5.74, 6) is 0.00665. The van der Waals surface area contributed by atoms with Crippen molar-refractivity contribution < 1.29 is 14.3 Å². The van der Waals surface area contributed by atoms with Crippen molar-refractivity contribution in [1.82, 2.24) is 5.32 Å². The van der Waals surface area contributed by atoms with E-state index in [9.17, 15) is 9.59 Å². The quantitative estimate of drug-likeness (QED) is 0.842. The maximum Gasteiger partial charge on any atom is 0.262 e. The number of ether oxygens (including phenoxy) is 1. The minimum atomic E-state index is -0.335. The molecule has 0 bridgehead atoms. The molecule has 23 heavy (non-hydrogen) atoms. The third-order valence-corrected chi connectivity index (χ3v) is 3.61. The van der Waals surface area contributed by atoms with Gasteiger partial charge in [0, 0.05) is 11.5 Å². The highest BCUT2D eigenvalue weighted by Gasteiger charge is 2.13. The molecule has 2 aromatic carbocycles. The van der Waals surface area contributed by atoms with E-state index in [0.717, 1.165) is 10.0 Å². The van der Waals surface area contributed by atoms with Crippen LogP contribution in [0.2, 0.25) is 0 Å². The van der Waals surface area contributed by atoms with E-state index in [1.807, 2.05) is 19.1 Å². The van der Waals surface area contributed by atoms with Crippen LogP contribution < -0.4 is 15.4 Å². The molecule has 5 nitrogen and oxygen atoms in total. The van der Waals surface area contributed by atoms with Crippen LogP contribution in [0.1, 0.15) is 15.9 Å². The summed E-state index contributed by atoms with van der Waals surface area (Å²) in [5, 5.41) is 5.23. The Balaban J connectivity index is 2.02. The van der Waals surface area contributed by atoms with Gasteiger partial charge >= 0.3 is 0 Å². The average Bonchev–Trinajstić information content (AvgIpc) is 2.55. The van der Waals surface area contributed by atoms with E-state index in [0.29, 0.717) is 17.0 Å². The second kappa shape index (κ2) is 7.78. The normalized spacial score (nSPS) is 10.0. The number of hydrogen-bond acceptors (Lipinski definition) is 3. The molecular weight excluding hydrogens is 360 g/mol. The van der Waals surface area contributed by atoms with Crippen molar-refractivity contribution in [1.29, 1.82) is 0 Å². The lowest BCUT2D eigenvalue weighted by Crippen LogP contribution is -2.24. The molecule has 0 saturated heterocycles. The van der Waals surface area contributed by atoms with E-state index in [-0.39, 0.29) is 18.4 Å². The van der Waals surface area contributed by atoms with E-state index < -0.39 is 0 Å². The Hall–Kier alpha value is -2.34. The van der Waals surface area contributed by atoms with Gasteiger partial charge in [0.05, 0.1) is 11.3 Å². The monoisotopic (exact) mass is 376 g/mol. The van der Waals surface area contributed by atoms with Gasteiger partial charge in [0.25, 0.3) is 11.8 Å². The molecule has 2 rings (SSSR count). The van der Waals surface area contributed by atoms with Crippen molar-refractivity contribution in [2.24, 2.45) is 0 Å². The Morgan fingerprint density at radius 2 is 1.83 bits per heavy atom. The smallest absolute Gasteiger partial charge is 0.262 e. The number of nitrogens with one attached hydrogen (secondary N) is 2. The van der Waals surface area contributed by atoms with Gasteiger partial charge in [0.2, 0.25) is 0 Å². The largest absolute Gasteiger partial charge is 0.484 e. The first kappa shape index (κ1) is 17.0. The van der Waals surface area contributed by atoms with Crippen LogP contribution in [0.4, 0.5) is 5.69 Å². The summed E-state index contributed by atoms with van der Waals surface area (Å²) in [6.07, 6.45) is 0. The van der Waals surface area contributed by atoms with Gasteiger partial charge in [0.1, 0.15) is 5.75 Å². The lowest BCUT2D eigenvalue weighted by atomic mass is 10.1. The number of benzene rings is 2. The highest BCUT2D eigenvalue weighted by atomic mass is 79.9. The highest BCUT2D eigenvalue weighted by molar-refractivity contribution is 9.10. The van der Waals surface area contributed by atoms with Crippen LogP contribution in [0.5, 0.6) is 5.75 Å². The van der Waals surface area contributed by atoms with Crippen molar-refractivity contribution in [3.8, 4) is 5.75 Å². The van der Waals surface area contributed by atoms with E-state index in [2.05, 4.69) is 26.6 Å². The van der Waals surface area contributed by atoms with Crippen LogP contribution in [0, 0.1) is 6.92 Å². The van der Waals surface area contributed by atoms with Gasteiger partial charge in [-0.2, -0.15) is 0 Å². The van der Waals surface area contributed by atoms with Crippen molar-refractivity contribution in [3.63, 3.8) is 0 Å². The molecule has 6 heteroatoms. The van der Waals surface area contributed by atoms with Gasteiger partial charge in [-0.25, -0.2) is 0 Å². The number of amides is 2. The summed E-state index contributed by atoms with van der Waals surface area (Å²) in [4.78, 5) is 23.9. The Labute approximate surface area is 143 Å². The number of hydrogen-bond donors (Lipinski definition) is 2. The average molecular weight is 377 g/mol. The Morgan fingerprint density at radius 1 is 1.13 bits per heavy atom. The topological polar surface area (TPSA) is 67.4 Å². The van der Waals surface area contributed by atoms with Crippen LogP contribution in [0.15, 0.2) is 46.9 Å². The number of carbonyl (C=O) groups is 2. The molecule has 2 N–H and O–H groups in total. The summed E-state index contributed by atoms with van der Waals surface area (Å²) in [6, 6.07) is 12.5. The third-order valence-electron chi connectivity index (χ3n) is 3.12. The zero-order chi connectivity index (χ0) is 16.8. The van der Waals surface area contributed by atoms with Gasteiger partial charge in [-0.15, -0.1) is 0 Å². The van der Waals surface area contributed by atoms with E-state index in [1.165, 1.54) is 7.05 Å². The zero-order valence-electron chi connectivity index (χ0n) is 12.9. The first-order chi connectivity index (χ1) is 11.0. The third kappa shape index (κ3) is 4.82. The maximum atomic E-state index is 12.0. The fourth-order valence-electron chi connectivity index (χ4n) is 1.92. The molecule has 0 heterocycles. The van der Waals surface area contributed by atoms with Crippen LogP contribution in [-0.2, 0) is 4.79 Å². The van der Waals surface area contributed by atoms with Crippen molar-refractivity contribution in [2.45, 2.75) is 6.92 Å². The second-order valence-corrected chi connectivity index (χ2v) is 5.83. The molecule has 0 unspecified atom stereocenters. The molecule has 2 aromatic rings. The lowest BCUT2D eigenvalue weighted by molar-refractivity contribution is -0.118. The van der Waals surface area contributed by atoms with E-state index >= 15 is 0 Å². The van der Waals surface area contributed by atoms with Gasteiger partial charge in [0.15, 0.2) is 6.61 Å². The molecule has 0 aliphatic heterocycles. The number of rotatable bonds is 5. The van der Waals surface area contributed by atoms with Crippen molar-refractivity contribution >= 4 is 33.4 Å². The Bertz CT molecular complexity index is 714. The van der Waals surface area contributed by atoms with Gasteiger partial charge in [-0.1, -0.05) is 33.6 Å². The van der Waals surface area contributed by atoms with Crippen LogP contribution in [-0.4, -0.2) is 25.5 Å². The Morgan fingerprint density at radius 3 is 2.48 bits per heavy atom. The number of halogens is 1. The molecule has 0 aliphatic rings. The fraction of sp³-hybridized carbons (Fsp3) is 0.176. The first-order valence-corrected chi connectivity index (χ1v) is 7.80. The van der Waals surface area contributed by atoms with Gasteiger partial charge < -0.3 is 15.4 Å². The van der Waals surface area contributed by atoms with E-state index in [1.54, 1.807) is 30.3 Å². The molecular formula is C17H17BrN2O3. The summed E-state index contributed by atoms with van der Waals surface area (Å²) in [5.41, 5.74) is 1.93. The molecule has 0 atom stereocenters. The molecule has 0 saturated carbocycles. The highest BCUT2D eigenvalue weighted by Crippen LogP contribution is 2.21. The number of carbonyl (C=O) groups excluding carboxylic acids is 2. The molecule has 0 radical (unpaired) electrons. The first-order valence-electron chi connectivity index (χ1n) is 7.00. The standard InChI is InChI=1S/C17H17BrN2O3/c1-11-3-6-13(7-4-11)23-10-16(21)20-15-8-5-12(18)9-14(15)17(22)19-2/h3-9H,10H2,1-2H3,(H,19,22)(H,20,21). The predicted octanol–water partition coefficient (Wildman–Crippen LogP) is 3.13. The SMILES string of the molecule is CNC(=O)c1cc(Br)ccc1NC(=O)COc1ccc(C)cc1. The molecule has 2 amide bonds. The van der Waals surface area contributed by atoms with Crippen LogP contribution >= 0.6 is 15.9 Å². The molecule has 0 aliphatic carbocycles. The minimum Gasteiger partial charge on any atom is -0.484 e. The Kier molecular flexibility index (Phi) is 5.76. The zero-order valence-corrected chi connectivity index (χ0v) is 14.4. The summed E-state index contributed by atoms with van der Waals surface area (Å²) in [6.45, 7) is 1.84. The summed E-state index contributed by atoms with van der Waals surface area (Å²) in [7, 11) is 1.54. The molecule has 0 fully saturated rings. The summed E-state index contributed by atoms with van der Waals surface area (Å²) < 4.78 is 6.18. The number of aryl methyl sites for hydroxylation is 1. The summed E-state index contributed by atoms with van der Waals surface area (Å²) >= 11 is 3.31. The lowest BCUT2D eigenvalue weighted by Gasteiger charge is -2.11. The second-order valence-electron chi connectivity index (χ2n) is 4.92. The maximum absolute atomic E-state index is 12.0. The van der Waals surface area contributed by atoms with Crippen molar-refractivity contribution in [2.75, 3.05) is 19.0 Å². The van der Waals surface area contributed by atoms with Gasteiger partial charge in [-0.05, 0) is 37.3 Å². The molecule has 120 valence electrons. The predicted molar refractivity (Wildman–Crippen MR) is 92.8 cm³/mol. The van der Waals surface area contributed by atoms with Crippen LogP contribution in [0.25, 0.3) is 0 Å². The number of anilines is 1. The van der Waals surface area contributed by atoms with E-state index in [4.69, 9.17) is 4.74 Å². The van der Waals surface area contributed by atoms with Gasteiger partial charge in [-0.3, -0.25) is 9.59 Å². The van der Waals surface area contributed by atoms with Crippen molar-refractivity contribution in [3.05, 3.63) is 58.1 Å². The minimum absolute atomic E-state index is 0.133. The fourth-order valence-corrected chi connectivity index (χ4v) is 2.28. The van der Waals surface area contributed by atoms with Crippen LogP contribution in [0.3, 0.4) is 0 Å². The molecule has 0 spiro atoms. The molecule has 0 aromatic heterocycles.